The van der Waals surface area contributed by atoms with E-state index in [2.05, 4.69) is 0 Å². The molecular formula is C17H20O11S. The number of hydrogen-bond acceptors (Lipinski definition) is 10. The molecule has 29 heavy (non-hydrogen) atoms. The average Bonchev–Trinajstić information content (AvgIpc) is 2.63. The van der Waals surface area contributed by atoms with E-state index >= 15 is 0 Å². The topological polar surface area (TPSA) is 184 Å². The summed E-state index contributed by atoms with van der Waals surface area (Å²) in [6, 6.07) is 3.74. The van der Waals surface area contributed by atoms with Crippen molar-refractivity contribution in [2.24, 2.45) is 0 Å². The molecule has 12 heteroatoms. The molecule has 1 fully saturated rings. The Morgan fingerprint density at radius 2 is 1.83 bits per heavy atom. The molecule has 1 saturated heterocycles. The van der Waals surface area contributed by atoms with Crippen molar-refractivity contribution in [3.8, 4) is 5.75 Å². The van der Waals surface area contributed by atoms with E-state index in [1.807, 2.05) is 0 Å². The van der Waals surface area contributed by atoms with Crippen molar-refractivity contribution in [1.82, 2.24) is 0 Å². The second kappa shape index (κ2) is 7.99. The van der Waals surface area contributed by atoms with Crippen molar-refractivity contribution < 1.29 is 47.3 Å². The van der Waals surface area contributed by atoms with Crippen LogP contribution in [0, 0.1) is 6.92 Å². The van der Waals surface area contributed by atoms with Crippen LogP contribution in [0.4, 0.5) is 0 Å². The van der Waals surface area contributed by atoms with Crippen LogP contribution in [0.15, 0.2) is 27.4 Å². The van der Waals surface area contributed by atoms with Gasteiger partial charge in [0, 0.05) is 17.0 Å². The van der Waals surface area contributed by atoms with E-state index in [0.29, 0.717) is 0 Å². The number of ether oxygens (including phenoxy) is 2. The minimum absolute atomic E-state index is 0.00163. The van der Waals surface area contributed by atoms with Crippen LogP contribution < -0.4 is 10.4 Å². The Labute approximate surface area is 164 Å². The maximum atomic E-state index is 11.8. The number of aliphatic hydroxyl groups is 4. The third-order valence-corrected chi connectivity index (χ3v) is 5.30. The van der Waals surface area contributed by atoms with Gasteiger partial charge in [0.2, 0.25) is 6.29 Å². The summed E-state index contributed by atoms with van der Waals surface area (Å²) in [5.41, 5.74) is -0.558. The molecule has 0 radical (unpaired) electrons. The van der Waals surface area contributed by atoms with Crippen molar-refractivity contribution in [2.75, 3.05) is 6.61 Å². The van der Waals surface area contributed by atoms with Gasteiger partial charge in [0.15, 0.2) is 0 Å². The molecule has 1 aromatic heterocycles. The zero-order valence-electron chi connectivity index (χ0n) is 15.1. The van der Waals surface area contributed by atoms with Gasteiger partial charge in [-0.2, -0.15) is 8.42 Å². The Balaban J connectivity index is 1.99. The van der Waals surface area contributed by atoms with Gasteiger partial charge < -0.3 is 34.3 Å². The summed E-state index contributed by atoms with van der Waals surface area (Å²) in [6.07, 6.45) is -7.44. The van der Waals surface area contributed by atoms with Gasteiger partial charge in [-0.05, 0) is 24.6 Å². The zero-order valence-corrected chi connectivity index (χ0v) is 15.9. The summed E-state index contributed by atoms with van der Waals surface area (Å²) in [5, 5.41) is 39.3. The second-order valence-electron chi connectivity index (χ2n) is 6.70. The lowest BCUT2D eigenvalue weighted by Crippen LogP contribution is -2.60. The molecule has 1 aliphatic heterocycles. The summed E-state index contributed by atoms with van der Waals surface area (Å²) in [6.45, 7) is 0.872. The summed E-state index contributed by atoms with van der Waals surface area (Å²) in [5.74, 6) is -0.712. The molecule has 2 unspecified atom stereocenters. The molecule has 0 aliphatic carbocycles. The van der Waals surface area contributed by atoms with Crippen molar-refractivity contribution >= 4 is 21.1 Å². The van der Waals surface area contributed by atoms with Crippen LogP contribution in [-0.2, 0) is 20.6 Å². The highest BCUT2D eigenvalue weighted by Crippen LogP contribution is 2.32. The van der Waals surface area contributed by atoms with E-state index in [-0.39, 0.29) is 27.8 Å². The van der Waals surface area contributed by atoms with Crippen molar-refractivity contribution in [2.45, 2.75) is 43.4 Å². The monoisotopic (exact) mass is 432 g/mol. The molecule has 0 amide bonds. The summed E-state index contributed by atoms with van der Waals surface area (Å²) >= 11 is 0. The first-order valence-corrected chi connectivity index (χ1v) is 10.1. The van der Waals surface area contributed by atoms with Gasteiger partial charge in [0.1, 0.15) is 41.5 Å². The fourth-order valence-electron chi connectivity index (χ4n) is 3.14. The minimum atomic E-state index is -4.40. The molecule has 0 bridgehead atoms. The van der Waals surface area contributed by atoms with Gasteiger partial charge in [0.25, 0.3) is 10.1 Å². The fraction of sp³-hybridized carbons (Fsp3) is 0.471. The van der Waals surface area contributed by atoms with E-state index in [1.165, 1.54) is 19.1 Å². The predicted molar refractivity (Wildman–Crippen MR) is 96.9 cm³/mol. The Morgan fingerprint density at radius 1 is 1.14 bits per heavy atom. The van der Waals surface area contributed by atoms with Crippen molar-refractivity contribution in [3.05, 3.63) is 39.7 Å². The Kier molecular flexibility index (Phi) is 5.96. The van der Waals surface area contributed by atoms with E-state index < -0.39 is 58.8 Å². The normalized spacial score (nSPS) is 27.9. The number of fused-ring (bicyclic) bond motifs is 1. The lowest BCUT2D eigenvalue weighted by atomic mass is 9.99. The molecule has 2 heterocycles. The maximum absolute atomic E-state index is 11.8. The largest absolute Gasteiger partial charge is 0.462 e. The number of aliphatic hydroxyl groups excluding tert-OH is 4. The standard InChI is InChI=1S/C17H20O11S/c1-7-10(26-17-15(22)14(21)13(20)11(5-18)27-17)3-2-9-8(6-29(23,24)25)4-12(19)28-16(7)9/h2-4,11,13-15,17-18,20-22H,5-6H2,1H3,(H,23,24,25)/t11?,13-,14?,15-,17+/m0/s1. The van der Waals surface area contributed by atoms with E-state index in [9.17, 15) is 33.6 Å². The Hall–Kier alpha value is -2.06. The third kappa shape index (κ3) is 4.43. The number of rotatable bonds is 5. The van der Waals surface area contributed by atoms with Crippen molar-refractivity contribution in [1.29, 1.82) is 0 Å². The maximum Gasteiger partial charge on any atom is 0.336 e. The van der Waals surface area contributed by atoms with Crippen LogP contribution in [-0.4, -0.2) is 70.7 Å². The first-order chi connectivity index (χ1) is 13.5. The minimum Gasteiger partial charge on any atom is -0.462 e. The molecular weight excluding hydrogens is 412 g/mol. The van der Waals surface area contributed by atoms with Crippen LogP contribution in [0.25, 0.3) is 11.0 Å². The van der Waals surface area contributed by atoms with Gasteiger partial charge >= 0.3 is 5.63 Å². The molecule has 11 nitrogen and oxygen atoms in total. The SMILES string of the molecule is Cc1c(O[C@@H]2OC(CO)[C@H](O)C(O)[C@@H]2O)ccc2c(CS(=O)(=O)O)cc(=O)oc12. The quantitative estimate of drug-likeness (QED) is 0.278. The van der Waals surface area contributed by atoms with E-state index in [1.54, 1.807) is 0 Å². The second-order valence-corrected chi connectivity index (χ2v) is 8.15. The lowest BCUT2D eigenvalue weighted by molar-refractivity contribution is -0.277. The van der Waals surface area contributed by atoms with Crippen LogP contribution in [0.2, 0.25) is 0 Å². The van der Waals surface area contributed by atoms with Gasteiger partial charge in [-0.15, -0.1) is 0 Å². The predicted octanol–water partition coefficient (Wildman–Crippen LogP) is -1.33. The molecule has 3 rings (SSSR count). The fourth-order valence-corrected chi connectivity index (χ4v) is 3.77. The van der Waals surface area contributed by atoms with Crippen molar-refractivity contribution in [3.63, 3.8) is 0 Å². The molecule has 5 N–H and O–H groups in total. The van der Waals surface area contributed by atoms with E-state index in [0.717, 1.165) is 6.07 Å². The summed E-state index contributed by atoms with van der Waals surface area (Å²) < 4.78 is 47.5. The molecule has 160 valence electrons. The first-order valence-electron chi connectivity index (χ1n) is 8.50. The zero-order chi connectivity index (χ0) is 21.5. The highest BCUT2D eigenvalue weighted by atomic mass is 32.2. The van der Waals surface area contributed by atoms with Gasteiger partial charge in [-0.1, -0.05) is 0 Å². The first kappa shape index (κ1) is 21.6. The Morgan fingerprint density at radius 3 is 2.45 bits per heavy atom. The summed E-state index contributed by atoms with van der Waals surface area (Å²) in [7, 11) is -4.40. The summed E-state index contributed by atoms with van der Waals surface area (Å²) in [4.78, 5) is 11.8. The molecule has 2 aromatic rings. The highest BCUT2D eigenvalue weighted by molar-refractivity contribution is 7.85. The number of benzene rings is 1. The molecule has 5 atom stereocenters. The van der Waals surface area contributed by atoms with Gasteiger partial charge in [0.05, 0.1) is 6.61 Å². The van der Waals surface area contributed by atoms with E-state index in [4.69, 9.17) is 18.4 Å². The lowest BCUT2D eigenvalue weighted by Gasteiger charge is -2.39. The molecule has 1 aromatic carbocycles. The van der Waals surface area contributed by atoms with Gasteiger partial charge in [-0.3, -0.25) is 4.55 Å². The van der Waals surface area contributed by atoms with Crippen LogP contribution in [0.5, 0.6) is 5.75 Å². The van der Waals surface area contributed by atoms with Gasteiger partial charge in [-0.25, -0.2) is 4.79 Å². The highest BCUT2D eigenvalue weighted by Gasteiger charge is 2.44. The Bertz CT molecular complexity index is 1060. The smallest absolute Gasteiger partial charge is 0.336 e. The molecule has 0 spiro atoms. The number of hydrogen-bond donors (Lipinski definition) is 5. The van der Waals surface area contributed by atoms with Crippen LogP contribution in [0.3, 0.4) is 0 Å². The molecule has 0 saturated carbocycles. The van der Waals surface area contributed by atoms with Crippen LogP contribution in [0.1, 0.15) is 11.1 Å². The molecule has 1 aliphatic rings. The third-order valence-electron chi connectivity index (χ3n) is 4.63. The number of aryl methyl sites for hydroxylation is 1. The van der Waals surface area contributed by atoms with Crippen LogP contribution >= 0.6 is 0 Å². The average molecular weight is 432 g/mol.